The molecule has 3 N–H and O–H groups in total. The van der Waals surface area contributed by atoms with Crippen LogP contribution in [0.5, 0.6) is 28.7 Å². The Morgan fingerprint density at radius 2 is 1.57 bits per heavy atom. The number of ether oxygens (including phenoxy) is 9. The second-order valence-electron chi connectivity index (χ2n) is 11.0. The van der Waals surface area contributed by atoms with Crippen LogP contribution in [0.4, 0.5) is 0 Å². The number of rotatable bonds is 5. The summed E-state index contributed by atoms with van der Waals surface area (Å²) in [7, 11) is 2.86. The molecule has 13 heteroatoms. The highest BCUT2D eigenvalue weighted by molar-refractivity contribution is 5.79. The number of carbonyl (C=O) groups is 1. The highest BCUT2D eigenvalue weighted by Gasteiger charge is 2.56. The van der Waals surface area contributed by atoms with Crippen molar-refractivity contribution in [2.24, 2.45) is 11.8 Å². The predicted octanol–water partition coefficient (Wildman–Crippen LogP) is 1.34. The Labute approximate surface area is 240 Å². The maximum atomic E-state index is 13.4. The van der Waals surface area contributed by atoms with Crippen molar-refractivity contribution in [3.05, 3.63) is 41.0 Å². The van der Waals surface area contributed by atoms with E-state index in [1.165, 1.54) is 14.2 Å². The topological polar surface area (TPSA) is 161 Å². The van der Waals surface area contributed by atoms with E-state index < -0.39 is 66.8 Å². The number of fused-ring (bicyclic) bond motifs is 4. The van der Waals surface area contributed by atoms with Crippen LogP contribution in [0.25, 0.3) is 0 Å². The first kappa shape index (κ1) is 27.5. The van der Waals surface area contributed by atoms with Gasteiger partial charge in [0.2, 0.25) is 12.5 Å². The molecule has 0 spiro atoms. The zero-order valence-electron chi connectivity index (χ0n) is 23.1. The highest BCUT2D eigenvalue weighted by Crippen LogP contribution is 2.57. The molecule has 226 valence electrons. The van der Waals surface area contributed by atoms with Crippen LogP contribution in [0, 0.1) is 11.8 Å². The number of hydrogen-bond acceptors (Lipinski definition) is 13. The summed E-state index contributed by atoms with van der Waals surface area (Å²) in [6, 6.07) is 6.93. The van der Waals surface area contributed by atoms with Crippen LogP contribution in [0.3, 0.4) is 0 Å². The second-order valence-corrected chi connectivity index (χ2v) is 11.0. The largest absolute Gasteiger partial charge is 0.502 e. The van der Waals surface area contributed by atoms with E-state index in [1.807, 2.05) is 0 Å². The Morgan fingerprint density at radius 3 is 2.26 bits per heavy atom. The number of cyclic esters (lactones) is 1. The first-order valence-electron chi connectivity index (χ1n) is 13.8. The lowest BCUT2D eigenvalue weighted by Gasteiger charge is -2.47. The van der Waals surface area contributed by atoms with Gasteiger partial charge in [-0.3, -0.25) is 4.79 Å². The average Bonchev–Trinajstić information content (AvgIpc) is 3.61. The molecule has 0 saturated carbocycles. The number of phenolic OH excluding ortho intramolecular Hbond substituents is 1. The van der Waals surface area contributed by atoms with Gasteiger partial charge in [0.25, 0.3) is 0 Å². The van der Waals surface area contributed by atoms with Crippen molar-refractivity contribution in [1.29, 1.82) is 0 Å². The van der Waals surface area contributed by atoms with Crippen molar-refractivity contribution in [3.8, 4) is 28.7 Å². The van der Waals surface area contributed by atoms with Crippen molar-refractivity contribution < 1.29 is 62.7 Å². The normalized spacial score (nSPS) is 36.5. The highest BCUT2D eigenvalue weighted by atomic mass is 16.8. The Kier molecular flexibility index (Phi) is 6.83. The number of esters is 1. The number of hydrogen-bond donors (Lipinski definition) is 3. The first-order chi connectivity index (χ1) is 20.3. The fourth-order valence-corrected chi connectivity index (χ4v) is 6.74. The van der Waals surface area contributed by atoms with Crippen LogP contribution in [0.2, 0.25) is 0 Å². The van der Waals surface area contributed by atoms with Crippen LogP contribution >= 0.6 is 0 Å². The van der Waals surface area contributed by atoms with Crippen LogP contribution in [-0.2, 0) is 28.5 Å². The molecule has 2 aromatic carbocycles. The number of phenols is 1. The van der Waals surface area contributed by atoms with Gasteiger partial charge in [0.1, 0.15) is 24.4 Å². The van der Waals surface area contributed by atoms with E-state index in [0.717, 1.165) is 0 Å². The Hall–Kier alpha value is -3.33. The molecule has 0 radical (unpaired) electrons. The fourth-order valence-electron chi connectivity index (χ4n) is 6.74. The van der Waals surface area contributed by atoms with E-state index in [4.69, 9.17) is 42.6 Å². The van der Waals surface area contributed by atoms with Gasteiger partial charge >= 0.3 is 5.97 Å². The van der Waals surface area contributed by atoms with E-state index in [2.05, 4.69) is 0 Å². The fraction of sp³-hybridized carbons (Fsp3) is 0.552. The molecule has 10 atom stereocenters. The van der Waals surface area contributed by atoms with Gasteiger partial charge in [-0.25, -0.2) is 0 Å². The number of carbonyl (C=O) groups excluding carboxylic acids is 1. The third-order valence-electron chi connectivity index (χ3n) is 8.75. The van der Waals surface area contributed by atoms with Gasteiger partial charge in [0, 0.05) is 11.8 Å². The molecule has 0 bridgehead atoms. The lowest BCUT2D eigenvalue weighted by molar-refractivity contribution is -0.364. The zero-order valence-corrected chi connectivity index (χ0v) is 23.1. The lowest BCUT2D eigenvalue weighted by atomic mass is 9.66. The molecule has 7 rings (SSSR count). The van der Waals surface area contributed by atoms with Crippen LogP contribution in [-0.4, -0.2) is 92.5 Å². The number of aliphatic hydroxyl groups excluding tert-OH is 2. The molecule has 3 saturated heterocycles. The van der Waals surface area contributed by atoms with Gasteiger partial charge in [-0.05, 0) is 47.9 Å². The standard InChI is InChI=1S/C29H32O13/c1-11-36-9-20-27(40-11)24(31)25(32)29(41-20)42-26-14-7-17-16(38-10-39-17)6-13(14)21(22-15(26)8-37-28(22)33)12-4-18(34-2)23(30)19(5-12)35-3/h4-7,11,15,20-22,24-27,29-32H,8-10H2,1-3H3/t11?,15?,20-,21?,22?,24-,25-,26?,27-,29-/m1/s1. The van der Waals surface area contributed by atoms with Crippen molar-refractivity contribution in [2.45, 2.75) is 55.9 Å². The van der Waals surface area contributed by atoms with Gasteiger partial charge in [-0.1, -0.05) is 0 Å². The number of benzene rings is 2. The number of methoxy groups -OCH3 is 2. The quantitative estimate of drug-likeness (QED) is 0.430. The Bertz CT molecular complexity index is 1350. The first-order valence-corrected chi connectivity index (χ1v) is 13.8. The molecule has 5 unspecified atom stereocenters. The lowest BCUT2D eigenvalue weighted by Crippen LogP contribution is -2.63. The molecule has 1 aliphatic carbocycles. The van der Waals surface area contributed by atoms with Crippen molar-refractivity contribution in [1.82, 2.24) is 0 Å². The van der Waals surface area contributed by atoms with E-state index in [-0.39, 0.29) is 37.3 Å². The SMILES string of the molecule is COc1cc(C2c3cc4c(cc3C(O[C@H]3O[C@@H]5COC(C)O[C@H]5[C@H](O)[C@H]3O)C3COC(=O)C23)OCO4)cc(OC)c1O. The molecule has 4 heterocycles. The van der Waals surface area contributed by atoms with Crippen LogP contribution in [0.15, 0.2) is 24.3 Å². The summed E-state index contributed by atoms with van der Waals surface area (Å²) >= 11 is 0. The monoisotopic (exact) mass is 588 g/mol. The summed E-state index contributed by atoms with van der Waals surface area (Å²) < 4.78 is 51.5. The molecule has 0 aromatic heterocycles. The number of aliphatic hydroxyl groups is 2. The molecule has 2 aromatic rings. The number of aromatic hydroxyl groups is 1. The smallest absolute Gasteiger partial charge is 0.310 e. The molecule has 0 amide bonds. The molecule has 5 aliphatic rings. The van der Waals surface area contributed by atoms with E-state index >= 15 is 0 Å². The molecule has 4 aliphatic heterocycles. The van der Waals surface area contributed by atoms with Gasteiger partial charge in [-0.15, -0.1) is 0 Å². The third-order valence-corrected chi connectivity index (χ3v) is 8.75. The molecule has 13 nitrogen and oxygen atoms in total. The molecule has 42 heavy (non-hydrogen) atoms. The summed E-state index contributed by atoms with van der Waals surface area (Å²) in [5.41, 5.74) is 2.01. The van der Waals surface area contributed by atoms with Crippen molar-refractivity contribution in [2.75, 3.05) is 34.2 Å². The van der Waals surface area contributed by atoms with E-state index in [0.29, 0.717) is 28.2 Å². The minimum Gasteiger partial charge on any atom is -0.502 e. The summed E-state index contributed by atoms with van der Waals surface area (Å²) in [5, 5.41) is 32.5. The molecule has 3 fully saturated rings. The molecular weight excluding hydrogens is 556 g/mol. The van der Waals surface area contributed by atoms with Gasteiger partial charge in [-0.2, -0.15) is 0 Å². The minimum atomic E-state index is -1.44. The maximum Gasteiger partial charge on any atom is 0.310 e. The van der Waals surface area contributed by atoms with E-state index in [1.54, 1.807) is 31.2 Å². The van der Waals surface area contributed by atoms with Crippen molar-refractivity contribution in [3.63, 3.8) is 0 Å². The third kappa shape index (κ3) is 4.26. The Balaban J connectivity index is 1.32. The summed E-state index contributed by atoms with van der Waals surface area (Å²) in [5.74, 6) is -1.02. The van der Waals surface area contributed by atoms with E-state index in [9.17, 15) is 20.1 Å². The average molecular weight is 589 g/mol. The molecular formula is C29H32O13. The van der Waals surface area contributed by atoms with Gasteiger partial charge in [0.15, 0.2) is 35.6 Å². The van der Waals surface area contributed by atoms with Crippen molar-refractivity contribution >= 4 is 5.97 Å². The van der Waals surface area contributed by atoms with Crippen LogP contribution in [0.1, 0.15) is 35.6 Å². The zero-order chi connectivity index (χ0) is 29.3. The van der Waals surface area contributed by atoms with Gasteiger partial charge < -0.3 is 58.0 Å². The maximum absolute atomic E-state index is 13.4. The predicted molar refractivity (Wildman–Crippen MR) is 138 cm³/mol. The summed E-state index contributed by atoms with van der Waals surface area (Å²) in [4.78, 5) is 13.4. The summed E-state index contributed by atoms with van der Waals surface area (Å²) in [6.45, 7) is 1.93. The summed E-state index contributed by atoms with van der Waals surface area (Å²) in [6.07, 6.45) is -6.80. The van der Waals surface area contributed by atoms with Gasteiger partial charge in [0.05, 0.1) is 39.5 Å². The minimum absolute atomic E-state index is 0.0301. The van der Waals surface area contributed by atoms with Crippen LogP contribution < -0.4 is 18.9 Å². The Morgan fingerprint density at radius 1 is 0.881 bits per heavy atom. The second kappa shape index (κ2) is 10.4.